The van der Waals surface area contributed by atoms with Crippen molar-refractivity contribution in [2.75, 3.05) is 11.9 Å². The summed E-state index contributed by atoms with van der Waals surface area (Å²) >= 11 is 0. The topological polar surface area (TPSA) is 58.6 Å². The summed E-state index contributed by atoms with van der Waals surface area (Å²) in [4.78, 5) is 11.5. The van der Waals surface area contributed by atoms with E-state index in [2.05, 4.69) is 79.0 Å². The van der Waals surface area contributed by atoms with E-state index in [1.165, 1.54) is 42.9 Å². The van der Waals surface area contributed by atoms with Crippen LogP contribution in [0.4, 0.5) is 5.69 Å². The van der Waals surface area contributed by atoms with Crippen LogP contribution in [0.2, 0.25) is 0 Å². The maximum atomic E-state index is 11.5. The van der Waals surface area contributed by atoms with Crippen molar-refractivity contribution in [1.29, 1.82) is 0 Å². The van der Waals surface area contributed by atoms with Crippen molar-refractivity contribution in [2.24, 2.45) is 0 Å². The Morgan fingerprint density at radius 3 is 2.07 bits per heavy atom. The first kappa shape index (κ1) is 30.4. The summed E-state index contributed by atoms with van der Waals surface area (Å²) in [6.45, 7) is 2.99. The maximum absolute atomic E-state index is 11.5. The molecule has 4 nitrogen and oxygen atoms in total. The molecule has 1 atom stereocenters. The Morgan fingerprint density at radius 1 is 0.786 bits per heavy atom. The number of nitrogens with one attached hydrogen (secondary N) is 1. The molecular weight excluding hydrogens is 518 g/mol. The number of benzene rings is 4. The predicted octanol–water partition coefficient (Wildman–Crippen LogP) is 9.95. The molecule has 5 rings (SSSR count). The van der Waals surface area contributed by atoms with Crippen molar-refractivity contribution >= 4 is 28.5 Å². The number of aromatic carboxylic acids is 1. The van der Waals surface area contributed by atoms with Crippen LogP contribution in [0.3, 0.4) is 0 Å². The lowest BCUT2D eigenvalue weighted by Crippen LogP contribution is -2.21. The van der Waals surface area contributed by atoms with E-state index < -0.39 is 5.97 Å². The van der Waals surface area contributed by atoms with Gasteiger partial charge in [-0.3, -0.25) is 0 Å². The zero-order chi connectivity index (χ0) is 29.4. The molecule has 2 N–H and O–H groups in total. The zero-order valence-electron chi connectivity index (χ0n) is 24.4. The molecule has 4 heteroatoms. The van der Waals surface area contributed by atoms with Gasteiger partial charge in [-0.15, -0.1) is 0 Å². The molecule has 0 radical (unpaired) electrons. The van der Waals surface area contributed by atoms with Gasteiger partial charge in [0.05, 0.1) is 18.2 Å². The molecule has 0 amide bonds. The van der Waals surface area contributed by atoms with Gasteiger partial charge in [0, 0.05) is 5.69 Å². The van der Waals surface area contributed by atoms with Gasteiger partial charge in [0.25, 0.3) is 0 Å². The van der Waals surface area contributed by atoms with Crippen LogP contribution < -0.4 is 10.1 Å². The van der Waals surface area contributed by atoms with Gasteiger partial charge < -0.3 is 15.2 Å². The average molecular weight is 560 g/mol. The van der Waals surface area contributed by atoms with Crippen LogP contribution in [-0.4, -0.2) is 23.7 Å². The standard InChI is InChI=1S/C28H33NO3.C10H8/c1-2-3-4-5-6-11-20-32-24-18-16-22(17-19-24)21-23-12-7-9-14-26(23)29-27-15-10-8-13-25(27)28(30)31;1-2-6-10-8-4-3-7-9(10)5-1/h7-10,12-19,21,26,29H,2-6,11,20H2,1H3,(H,30,31);1-8H. The highest BCUT2D eigenvalue weighted by Gasteiger charge is 2.15. The smallest absolute Gasteiger partial charge is 0.337 e. The van der Waals surface area contributed by atoms with E-state index in [0.29, 0.717) is 5.69 Å². The summed E-state index contributed by atoms with van der Waals surface area (Å²) in [7, 11) is 0. The van der Waals surface area contributed by atoms with E-state index in [1.54, 1.807) is 18.2 Å². The van der Waals surface area contributed by atoms with Crippen molar-refractivity contribution in [2.45, 2.75) is 51.5 Å². The van der Waals surface area contributed by atoms with Gasteiger partial charge in [-0.1, -0.05) is 136 Å². The summed E-state index contributed by atoms with van der Waals surface area (Å²) in [5.41, 5.74) is 3.01. The second-order valence-corrected chi connectivity index (χ2v) is 10.4. The van der Waals surface area contributed by atoms with E-state index in [4.69, 9.17) is 4.74 Å². The Balaban J connectivity index is 0.000000337. The molecule has 42 heavy (non-hydrogen) atoms. The number of rotatable bonds is 12. The van der Waals surface area contributed by atoms with Crippen molar-refractivity contribution < 1.29 is 14.6 Å². The quantitative estimate of drug-likeness (QED) is 0.170. The number of fused-ring (bicyclic) bond motifs is 1. The lowest BCUT2D eigenvalue weighted by Gasteiger charge is -2.21. The van der Waals surface area contributed by atoms with Gasteiger partial charge in [-0.2, -0.15) is 0 Å². The number of anilines is 1. The normalized spacial score (nSPS) is 14.8. The lowest BCUT2D eigenvalue weighted by molar-refractivity contribution is 0.0698. The molecule has 0 spiro atoms. The van der Waals surface area contributed by atoms with Crippen molar-refractivity contribution in [1.82, 2.24) is 0 Å². The van der Waals surface area contributed by atoms with Crippen LogP contribution in [0, 0.1) is 0 Å². The SMILES string of the molecule is CCCCCCCCOc1ccc(C=C2C=CC=CC2Nc2ccccc2C(=O)O)cc1.c1ccc2ccccc2c1. The minimum atomic E-state index is -0.939. The highest BCUT2D eigenvalue weighted by Crippen LogP contribution is 2.24. The van der Waals surface area contributed by atoms with Crippen LogP contribution in [0.25, 0.3) is 16.8 Å². The minimum Gasteiger partial charge on any atom is -0.494 e. The summed E-state index contributed by atoms with van der Waals surface area (Å²) in [6.07, 6.45) is 17.7. The third kappa shape index (κ3) is 9.52. The van der Waals surface area contributed by atoms with E-state index >= 15 is 0 Å². The largest absolute Gasteiger partial charge is 0.494 e. The van der Waals surface area contributed by atoms with Gasteiger partial charge >= 0.3 is 5.97 Å². The van der Waals surface area contributed by atoms with E-state index in [0.717, 1.165) is 29.9 Å². The lowest BCUT2D eigenvalue weighted by atomic mass is 9.98. The highest BCUT2D eigenvalue weighted by molar-refractivity contribution is 5.94. The van der Waals surface area contributed by atoms with Crippen LogP contribution in [0.5, 0.6) is 5.75 Å². The Labute approximate surface area is 250 Å². The summed E-state index contributed by atoms with van der Waals surface area (Å²) in [5, 5.41) is 15.4. The van der Waals surface area contributed by atoms with Crippen LogP contribution in [-0.2, 0) is 0 Å². The van der Waals surface area contributed by atoms with Crippen LogP contribution in [0.15, 0.2) is 127 Å². The first-order valence-electron chi connectivity index (χ1n) is 15.0. The number of hydrogen-bond acceptors (Lipinski definition) is 3. The van der Waals surface area contributed by atoms with E-state index in [1.807, 2.05) is 42.5 Å². The molecule has 1 aliphatic rings. The van der Waals surface area contributed by atoms with Gasteiger partial charge in [0.1, 0.15) is 5.75 Å². The van der Waals surface area contributed by atoms with E-state index in [9.17, 15) is 9.90 Å². The summed E-state index contributed by atoms with van der Waals surface area (Å²) < 4.78 is 5.88. The Bertz CT molecular complexity index is 1440. The number of ether oxygens (including phenoxy) is 1. The van der Waals surface area contributed by atoms with Crippen molar-refractivity contribution in [3.63, 3.8) is 0 Å². The molecule has 216 valence electrons. The highest BCUT2D eigenvalue weighted by atomic mass is 16.5. The van der Waals surface area contributed by atoms with Crippen LogP contribution in [0.1, 0.15) is 61.4 Å². The number of allylic oxidation sites excluding steroid dienone is 2. The fourth-order valence-electron chi connectivity index (χ4n) is 4.85. The predicted molar refractivity (Wildman–Crippen MR) is 176 cm³/mol. The second kappa shape index (κ2) is 16.6. The first-order valence-corrected chi connectivity index (χ1v) is 15.0. The molecule has 1 unspecified atom stereocenters. The number of carboxylic acid groups (broad SMARTS) is 1. The van der Waals surface area contributed by atoms with Gasteiger partial charge in [-0.05, 0) is 58.7 Å². The van der Waals surface area contributed by atoms with E-state index in [-0.39, 0.29) is 11.6 Å². The number of para-hydroxylation sites is 1. The number of carbonyl (C=O) groups is 1. The Kier molecular flexibility index (Phi) is 12.0. The fraction of sp³-hybridized carbons (Fsp3) is 0.237. The van der Waals surface area contributed by atoms with Crippen molar-refractivity contribution in [3.8, 4) is 5.75 Å². The molecule has 0 bridgehead atoms. The summed E-state index contributed by atoms with van der Waals surface area (Å²) in [6, 6.07) is 31.7. The van der Waals surface area contributed by atoms with Gasteiger partial charge in [0.15, 0.2) is 0 Å². The van der Waals surface area contributed by atoms with Crippen molar-refractivity contribution in [3.05, 3.63) is 138 Å². The van der Waals surface area contributed by atoms with Gasteiger partial charge in [0.2, 0.25) is 0 Å². The molecule has 0 heterocycles. The molecule has 0 aromatic heterocycles. The second-order valence-electron chi connectivity index (χ2n) is 10.4. The first-order chi connectivity index (χ1) is 20.6. The number of unbranched alkanes of at least 4 members (excludes halogenated alkanes) is 5. The van der Waals surface area contributed by atoms with Crippen LogP contribution >= 0.6 is 0 Å². The molecule has 4 aromatic carbocycles. The Hall–Kier alpha value is -4.57. The summed E-state index contributed by atoms with van der Waals surface area (Å²) in [5.74, 6) is -0.0460. The Morgan fingerprint density at radius 2 is 1.40 bits per heavy atom. The number of carboxylic acids is 1. The molecule has 1 aliphatic carbocycles. The molecule has 0 aliphatic heterocycles. The molecule has 4 aromatic rings. The van der Waals surface area contributed by atoms with Gasteiger partial charge in [-0.25, -0.2) is 4.79 Å². The number of hydrogen-bond donors (Lipinski definition) is 2. The third-order valence-electron chi connectivity index (χ3n) is 7.17. The molecule has 0 saturated carbocycles. The zero-order valence-corrected chi connectivity index (χ0v) is 24.4. The molecule has 0 saturated heterocycles. The third-order valence-corrected chi connectivity index (χ3v) is 7.17. The molecular formula is C38H41NO3. The molecule has 0 fully saturated rings. The fourth-order valence-corrected chi connectivity index (χ4v) is 4.85. The average Bonchev–Trinajstić information content (AvgIpc) is 3.03. The maximum Gasteiger partial charge on any atom is 0.337 e. The minimum absolute atomic E-state index is 0.107. The monoisotopic (exact) mass is 559 g/mol.